The minimum atomic E-state index is -0.104. The van der Waals surface area contributed by atoms with Gasteiger partial charge in [-0.05, 0) is 44.4 Å². The third-order valence-corrected chi connectivity index (χ3v) is 3.95. The molecule has 2 amide bonds. The standard InChI is InChI=1S/C16H21N3O2/c20-15(10-12-4-3-9-17-12)19-14-6-2-1-5-13(14)16(21)18-11-7-8-11/h1-2,5-6,11-12,17H,3-4,7-10H2,(H,18,21)(H,19,20). The number of para-hydroxylation sites is 1. The van der Waals surface area contributed by atoms with Crippen LogP contribution in [0.15, 0.2) is 24.3 Å². The minimum Gasteiger partial charge on any atom is -0.349 e. The van der Waals surface area contributed by atoms with E-state index in [9.17, 15) is 9.59 Å². The number of nitrogens with one attached hydrogen (secondary N) is 3. The second-order valence-corrected chi connectivity index (χ2v) is 5.84. The fourth-order valence-electron chi connectivity index (χ4n) is 2.64. The molecular formula is C16H21N3O2. The van der Waals surface area contributed by atoms with Crippen LogP contribution in [0.3, 0.4) is 0 Å². The van der Waals surface area contributed by atoms with Gasteiger partial charge in [0.05, 0.1) is 11.3 Å². The molecule has 3 N–H and O–H groups in total. The molecule has 1 atom stereocenters. The molecule has 3 rings (SSSR count). The molecule has 1 unspecified atom stereocenters. The van der Waals surface area contributed by atoms with E-state index >= 15 is 0 Å². The smallest absolute Gasteiger partial charge is 0.253 e. The third kappa shape index (κ3) is 3.82. The molecule has 1 aromatic rings. The van der Waals surface area contributed by atoms with Crippen molar-refractivity contribution in [1.82, 2.24) is 10.6 Å². The zero-order valence-electron chi connectivity index (χ0n) is 12.0. The molecule has 5 heteroatoms. The van der Waals surface area contributed by atoms with Crippen LogP contribution in [0.4, 0.5) is 5.69 Å². The highest BCUT2D eigenvalue weighted by atomic mass is 16.2. The van der Waals surface area contributed by atoms with E-state index in [2.05, 4.69) is 16.0 Å². The Labute approximate surface area is 124 Å². The number of hydrogen-bond donors (Lipinski definition) is 3. The monoisotopic (exact) mass is 287 g/mol. The number of carbonyl (C=O) groups is 2. The van der Waals surface area contributed by atoms with Crippen LogP contribution in [0.1, 0.15) is 42.5 Å². The zero-order chi connectivity index (χ0) is 14.7. The lowest BCUT2D eigenvalue weighted by molar-refractivity contribution is -0.116. The molecule has 5 nitrogen and oxygen atoms in total. The van der Waals surface area contributed by atoms with Crippen molar-refractivity contribution in [2.24, 2.45) is 0 Å². The van der Waals surface area contributed by atoms with E-state index in [1.807, 2.05) is 12.1 Å². The van der Waals surface area contributed by atoms with Gasteiger partial charge in [0.1, 0.15) is 0 Å². The Bertz CT molecular complexity index is 534. The van der Waals surface area contributed by atoms with Gasteiger partial charge in [0, 0.05) is 18.5 Å². The van der Waals surface area contributed by atoms with Crippen molar-refractivity contribution >= 4 is 17.5 Å². The number of carbonyl (C=O) groups excluding carboxylic acids is 2. The zero-order valence-corrected chi connectivity index (χ0v) is 12.0. The molecule has 0 aromatic heterocycles. The summed E-state index contributed by atoms with van der Waals surface area (Å²) in [4.78, 5) is 24.3. The van der Waals surface area contributed by atoms with Crippen LogP contribution in [0.5, 0.6) is 0 Å². The lowest BCUT2D eigenvalue weighted by Gasteiger charge is -2.13. The van der Waals surface area contributed by atoms with Gasteiger partial charge in [0.25, 0.3) is 5.91 Å². The average molecular weight is 287 g/mol. The van der Waals surface area contributed by atoms with Crippen molar-refractivity contribution in [2.45, 2.75) is 44.2 Å². The molecule has 2 fully saturated rings. The summed E-state index contributed by atoms with van der Waals surface area (Å²) >= 11 is 0. The van der Waals surface area contributed by atoms with Crippen LogP contribution in [-0.4, -0.2) is 30.4 Å². The van der Waals surface area contributed by atoms with Crippen molar-refractivity contribution in [2.75, 3.05) is 11.9 Å². The van der Waals surface area contributed by atoms with Gasteiger partial charge in [0.2, 0.25) is 5.91 Å². The summed E-state index contributed by atoms with van der Waals surface area (Å²) in [7, 11) is 0. The van der Waals surface area contributed by atoms with Crippen LogP contribution in [0.2, 0.25) is 0 Å². The fourth-order valence-corrected chi connectivity index (χ4v) is 2.64. The highest BCUT2D eigenvalue weighted by molar-refractivity contribution is 6.04. The van der Waals surface area contributed by atoms with Gasteiger partial charge in [-0.3, -0.25) is 9.59 Å². The maximum absolute atomic E-state index is 12.2. The summed E-state index contributed by atoms with van der Waals surface area (Å²) in [5, 5.41) is 9.13. The molecule has 1 saturated carbocycles. The molecule has 21 heavy (non-hydrogen) atoms. The first kappa shape index (κ1) is 14.1. The van der Waals surface area contributed by atoms with E-state index in [1.165, 1.54) is 0 Å². The van der Waals surface area contributed by atoms with Crippen molar-refractivity contribution < 1.29 is 9.59 Å². The van der Waals surface area contributed by atoms with E-state index in [0.717, 1.165) is 32.2 Å². The number of anilines is 1. The maximum atomic E-state index is 12.2. The summed E-state index contributed by atoms with van der Waals surface area (Å²) in [6, 6.07) is 7.75. The minimum absolute atomic E-state index is 0.0407. The van der Waals surface area contributed by atoms with Crippen LogP contribution in [0.25, 0.3) is 0 Å². The van der Waals surface area contributed by atoms with E-state index in [4.69, 9.17) is 0 Å². The molecule has 2 aliphatic rings. The highest BCUT2D eigenvalue weighted by Crippen LogP contribution is 2.22. The molecular weight excluding hydrogens is 266 g/mol. The van der Waals surface area contributed by atoms with Crippen LogP contribution >= 0.6 is 0 Å². The van der Waals surface area contributed by atoms with Crippen molar-refractivity contribution in [3.05, 3.63) is 29.8 Å². The van der Waals surface area contributed by atoms with Crippen molar-refractivity contribution in [3.63, 3.8) is 0 Å². The molecule has 1 aromatic carbocycles. The van der Waals surface area contributed by atoms with E-state index in [-0.39, 0.29) is 17.9 Å². The summed E-state index contributed by atoms with van der Waals surface area (Å²) in [6.45, 7) is 0.984. The second kappa shape index (κ2) is 6.26. The number of benzene rings is 1. The van der Waals surface area contributed by atoms with E-state index < -0.39 is 0 Å². The first-order valence-corrected chi connectivity index (χ1v) is 7.65. The SMILES string of the molecule is O=C(CC1CCCN1)Nc1ccccc1C(=O)NC1CC1. The topological polar surface area (TPSA) is 70.2 Å². The Morgan fingerprint density at radius 3 is 2.71 bits per heavy atom. The van der Waals surface area contributed by atoms with Gasteiger partial charge in [-0.25, -0.2) is 0 Å². The third-order valence-electron chi connectivity index (χ3n) is 3.95. The van der Waals surface area contributed by atoms with E-state index in [0.29, 0.717) is 23.7 Å². The van der Waals surface area contributed by atoms with Gasteiger partial charge in [-0.1, -0.05) is 12.1 Å². The Morgan fingerprint density at radius 1 is 1.19 bits per heavy atom. The van der Waals surface area contributed by atoms with Gasteiger partial charge >= 0.3 is 0 Å². The van der Waals surface area contributed by atoms with Crippen LogP contribution < -0.4 is 16.0 Å². The quantitative estimate of drug-likeness (QED) is 0.771. The molecule has 1 aliphatic carbocycles. The number of amides is 2. The predicted octanol–water partition coefficient (Wildman–Crippen LogP) is 1.66. The van der Waals surface area contributed by atoms with Gasteiger partial charge < -0.3 is 16.0 Å². The maximum Gasteiger partial charge on any atom is 0.253 e. The summed E-state index contributed by atoms with van der Waals surface area (Å²) < 4.78 is 0. The number of hydrogen-bond acceptors (Lipinski definition) is 3. The Morgan fingerprint density at radius 2 is 2.00 bits per heavy atom. The first-order chi connectivity index (χ1) is 10.2. The Kier molecular flexibility index (Phi) is 4.20. The molecule has 112 valence electrons. The normalized spacial score (nSPS) is 21.0. The van der Waals surface area contributed by atoms with Crippen molar-refractivity contribution in [3.8, 4) is 0 Å². The highest BCUT2D eigenvalue weighted by Gasteiger charge is 2.25. The largest absolute Gasteiger partial charge is 0.349 e. The second-order valence-electron chi connectivity index (χ2n) is 5.84. The first-order valence-electron chi connectivity index (χ1n) is 7.65. The Balaban J connectivity index is 1.63. The van der Waals surface area contributed by atoms with Crippen molar-refractivity contribution in [1.29, 1.82) is 0 Å². The van der Waals surface area contributed by atoms with Crippen LogP contribution in [-0.2, 0) is 4.79 Å². The Hall–Kier alpha value is -1.88. The lowest BCUT2D eigenvalue weighted by atomic mass is 10.1. The molecule has 1 heterocycles. The molecule has 1 aliphatic heterocycles. The molecule has 0 bridgehead atoms. The average Bonchev–Trinajstić information content (AvgIpc) is 3.13. The lowest BCUT2D eigenvalue weighted by Crippen LogP contribution is -2.29. The molecule has 0 radical (unpaired) electrons. The number of rotatable bonds is 5. The summed E-state index contributed by atoms with van der Waals surface area (Å²) in [5.41, 5.74) is 1.13. The van der Waals surface area contributed by atoms with Gasteiger partial charge in [0.15, 0.2) is 0 Å². The van der Waals surface area contributed by atoms with Crippen LogP contribution in [0, 0.1) is 0 Å². The summed E-state index contributed by atoms with van der Waals surface area (Å²) in [6.07, 6.45) is 4.72. The molecule has 1 saturated heterocycles. The summed E-state index contributed by atoms with van der Waals surface area (Å²) in [5.74, 6) is -0.145. The molecule has 0 spiro atoms. The van der Waals surface area contributed by atoms with E-state index in [1.54, 1.807) is 12.1 Å². The van der Waals surface area contributed by atoms with Gasteiger partial charge in [-0.2, -0.15) is 0 Å². The van der Waals surface area contributed by atoms with Gasteiger partial charge in [-0.15, -0.1) is 0 Å². The fraction of sp³-hybridized carbons (Fsp3) is 0.500. The predicted molar refractivity (Wildman–Crippen MR) is 81.2 cm³/mol.